The summed E-state index contributed by atoms with van der Waals surface area (Å²) in [6, 6.07) is 6.01. The molecule has 37 heavy (non-hydrogen) atoms. The van der Waals surface area contributed by atoms with Crippen molar-refractivity contribution in [2.24, 2.45) is 17.6 Å². The largest absolute Gasteiger partial charge is 0.508 e. The van der Waals surface area contributed by atoms with Gasteiger partial charge in [0, 0.05) is 23.3 Å². The van der Waals surface area contributed by atoms with Crippen molar-refractivity contribution < 1.29 is 34.8 Å². The van der Waals surface area contributed by atoms with Crippen molar-refractivity contribution in [1.29, 1.82) is 0 Å². The summed E-state index contributed by atoms with van der Waals surface area (Å²) < 4.78 is 0. The van der Waals surface area contributed by atoms with E-state index in [-0.39, 0.29) is 29.7 Å². The van der Waals surface area contributed by atoms with Gasteiger partial charge in [0.1, 0.15) is 22.8 Å². The number of nitrogens with two attached hydrogens (primary N) is 1. The first-order valence-corrected chi connectivity index (χ1v) is 11.8. The maximum Gasteiger partial charge on any atom is 0.255 e. The predicted octanol–water partition coefficient (Wildman–Crippen LogP) is 1.33. The number of hydrogen-bond acceptors (Lipinski definition) is 9. The zero-order chi connectivity index (χ0) is 27.0. The smallest absolute Gasteiger partial charge is 0.255 e. The molecule has 0 radical (unpaired) electrons. The van der Waals surface area contributed by atoms with Crippen LogP contribution >= 0.6 is 0 Å². The third-order valence-corrected chi connectivity index (χ3v) is 7.85. The highest BCUT2D eigenvalue weighted by atomic mass is 16.3. The van der Waals surface area contributed by atoms with Crippen LogP contribution in [0.15, 0.2) is 47.4 Å². The number of phenolic OH excluding ortho intramolecular Hbond substituents is 1. The molecule has 5 rings (SSSR count). The van der Waals surface area contributed by atoms with Gasteiger partial charge >= 0.3 is 0 Å². The van der Waals surface area contributed by atoms with Crippen LogP contribution in [0.1, 0.15) is 23.1 Å². The van der Waals surface area contributed by atoms with Crippen LogP contribution < -0.4 is 5.73 Å². The Labute approximate surface area is 212 Å². The molecule has 1 saturated carbocycles. The van der Waals surface area contributed by atoms with E-state index in [4.69, 9.17) is 5.73 Å². The summed E-state index contributed by atoms with van der Waals surface area (Å²) in [4.78, 5) is 45.0. The molecule has 6 N–H and O–H groups in total. The second kappa shape index (κ2) is 8.25. The van der Waals surface area contributed by atoms with Gasteiger partial charge in [-0.05, 0) is 69.1 Å². The number of aromatic hydroxyl groups is 1. The number of aliphatic hydroxyl groups excluding tert-OH is 2. The topological polar surface area (TPSA) is 174 Å². The number of carbonyl (C=O) groups excluding carboxylic acids is 3. The van der Waals surface area contributed by atoms with Gasteiger partial charge in [-0.1, -0.05) is 6.07 Å². The number of aliphatic hydroxyl groups is 3. The molecule has 0 unspecified atom stereocenters. The van der Waals surface area contributed by atoms with Gasteiger partial charge in [-0.2, -0.15) is 0 Å². The molecular weight excluding hydrogens is 478 g/mol. The van der Waals surface area contributed by atoms with Gasteiger partial charge in [0.2, 0.25) is 5.78 Å². The first kappa shape index (κ1) is 24.7. The molecule has 1 fully saturated rings. The van der Waals surface area contributed by atoms with Crippen LogP contribution in [0, 0.1) is 18.8 Å². The van der Waals surface area contributed by atoms with Gasteiger partial charge in [0.05, 0.1) is 17.3 Å². The maximum atomic E-state index is 13.9. The molecule has 1 aromatic carbocycles. The van der Waals surface area contributed by atoms with E-state index in [1.54, 1.807) is 45.4 Å². The van der Waals surface area contributed by atoms with Crippen molar-refractivity contribution >= 4 is 23.2 Å². The minimum Gasteiger partial charge on any atom is -0.508 e. The third-order valence-electron chi connectivity index (χ3n) is 7.85. The average Bonchev–Trinajstić information content (AvgIpc) is 2.83. The highest BCUT2D eigenvalue weighted by Crippen LogP contribution is 2.53. The van der Waals surface area contributed by atoms with Crippen LogP contribution in [0.4, 0.5) is 0 Å². The van der Waals surface area contributed by atoms with Crippen LogP contribution in [0.5, 0.6) is 5.75 Å². The number of hydrogen-bond donors (Lipinski definition) is 5. The summed E-state index contributed by atoms with van der Waals surface area (Å²) >= 11 is 0. The van der Waals surface area contributed by atoms with Crippen LogP contribution in [-0.2, 0) is 20.8 Å². The van der Waals surface area contributed by atoms with E-state index in [2.05, 4.69) is 4.98 Å². The molecule has 10 nitrogen and oxygen atoms in total. The Bertz CT molecular complexity index is 1440. The standard InChI is InChI=1S/C27H27N3O7/c1-11-8-13(16-6-4-5-7-29-16)14-9-12-10-15-20(30(2)3)23(33)19(26(28)36)25(35)27(15,37)24(34)17(12)22(32)18(14)21(11)31/h4-8,12,15,20,31-32,35,37H,9-10H2,1-3H3,(H2,28,36)/t12-,15-,20-,27-/m0/s1. The number of aryl methyl sites for hydroxylation is 1. The van der Waals surface area contributed by atoms with Crippen molar-refractivity contribution in [3.8, 4) is 17.0 Å². The van der Waals surface area contributed by atoms with E-state index >= 15 is 0 Å². The van der Waals surface area contributed by atoms with Crippen LogP contribution in [0.2, 0.25) is 0 Å². The van der Waals surface area contributed by atoms with Crippen LogP contribution in [0.25, 0.3) is 17.0 Å². The van der Waals surface area contributed by atoms with Crippen molar-refractivity contribution in [2.45, 2.75) is 31.4 Å². The van der Waals surface area contributed by atoms with E-state index < -0.39 is 58.0 Å². The molecule has 1 amide bonds. The van der Waals surface area contributed by atoms with E-state index in [0.717, 1.165) is 0 Å². The summed E-state index contributed by atoms with van der Waals surface area (Å²) in [6.07, 6.45) is 1.86. The summed E-state index contributed by atoms with van der Waals surface area (Å²) in [6.45, 7) is 1.65. The Morgan fingerprint density at radius 1 is 1.19 bits per heavy atom. The highest BCUT2D eigenvalue weighted by Gasteiger charge is 2.64. The fraction of sp³-hybridized carbons (Fsp3) is 0.333. The van der Waals surface area contributed by atoms with Crippen molar-refractivity contribution in [3.05, 3.63) is 64.1 Å². The fourth-order valence-electron chi connectivity index (χ4n) is 6.20. The first-order valence-electron chi connectivity index (χ1n) is 11.8. The molecule has 1 heterocycles. The molecule has 10 heteroatoms. The van der Waals surface area contributed by atoms with Crippen molar-refractivity contribution in [3.63, 3.8) is 0 Å². The van der Waals surface area contributed by atoms with Gasteiger partial charge in [-0.25, -0.2) is 0 Å². The quantitative estimate of drug-likeness (QED) is 0.386. The number of phenols is 1. The molecule has 4 atom stereocenters. The molecule has 0 aliphatic heterocycles. The fourth-order valence-corrected chi connectivity index (χ4v) is 6.20. The van der Waals surface area contributed by atoms with Gasteiger partial charge in [0.15, 0.2) is 11.4 Å². The van der Waals surface area contributed by atoms with E-state index in [9.17, 15) is 34.8 Å². The monoisotopic (exact) mass is 505 g/mol. The zero-order valence-electron chi connectivity index (χ0n) is 20.5. The summed E-state index contributed by atoms with van der Waals surface area (Å²) in [5.74, 6) is -6.70. The van der Waals surface area contributed by atoms with Crippen LogP contribution in [-0.4, -0.2) is 73.5 Å². The Morgan fingerprint density at radius 3 is 2.49 bits per heavy atom. The zero-order valence-corrected chi connectivity index (χ0v) is 20.5. The van der Waals surface area contributed by atoms with E-state index in [1.807, 2.05) is 6.07 Å². The number of ketones is 2. The molecule has 2 aromatic rings. The number of fused-ring (bicyclic) bond motifs is 3. The molecule has 0 bridgehead atoms. The number of nitrogens with zero attached hydrogens (tertiary/aromatic N) is 2. The number of primary amides is 1. The third kappa shape index (κ3) is 3.25. The predicted molar refractivity (Wildman–Crippen MR) is 132 cm³/mol. The minimum absolute atomic E-state index is 0.0298. The molecule has 192 valence electrons. The second-order valence-electron chi connectivity index (χ2n) is 10.1. The van der Waals surface area contributed by atoms with Crippen molar-refractivity contribution in [1.82, 2.24) is 9.88 Å². The minimum atomic E-state index is -2.66. The molecule has 0 spiro atoms. The molecular formula is C27H27N3O7. The average molecular weight is 506 g/mol. The normalized spacial score (nSPS) is 27.2. The second-order valence-corrected chi connectivity index (χ2v) is 10.1. The van der Waals surface area contributed by atoms with Gasteiger partial charge in [-0.3, -0.25) is 24.3 Å². The lowest BCUT2D eigenvalue weighted by Gasteiger charge is -2.50. The number of likely N-dealkylation sites (N-methyl/N-ethyl adjacent to an activating group) is 1. The Balaban J connectivity index is 1.77. The Kier molecular flexibility index (Phi) is 5.50. The molecule has 3 aliphatic carbocycles. The van der Waals surface area contributed by atoms with Crippen molar-refractivity contribution in [2.75, 3.05) is 14.1 Å². The van der Waals surface area contributed by atoms with E-state index in [1.165, 1.54) is 4.90 Å². The lowest BCUT2D eigenvalue weighted by molar-refractivity contribution is -0.153. The molecule has 1 aromatic heterocycles. The summed E-state index contributed by atoms with van der Waals surface area (Å²) in [7, 11) is 3.13. The number of rotatable bonds is 3. The number of amides is 1. The number of benzene rings is 1. The SMILES string of the molecule is Cc1cc(-c2ccccn2)c2c(c1O)C(O)=C1C(=O)[C@]3(O)C(O)=C(C(N)=O)C(=O)[C@@H](N(C)C)[C@@H]3C[C@@H]1C2. The maximum absolute atomic E-state index is 13.9. The van der Waals surface area contributed by atoms with Gasteiger partial charge < -0.3 is 26.2 Å². The Morgan fingerprint density at radius 2 is 1.89 bits per heavy atom. The molecule has 3 aliphatic rings. The lowest BCUT2D eigenvalue weighted by Crippen LogP contribution is -2.65. The number of Topliss-reactive ketones (excluding diaryl/α,β-unsaturated/α-hetero) is 2. The lowest BCUT2D eigenvalue weighted by atomic mass is 9.57. The highest BCUT2D eigenvalue weighted by molar-refractivity contribution is 6.24. The summed E-state index contributed by atoms with van der Waals surface area (Å²) in [5, 5.41) is 44.9. The molecule has 0 saturated heterocycles. The number of aromatic nitrogens is 1. The summed E-state index contributed by atoms with van der Waals surface area (Å²) in [5.41, 5.74) is 4.03. The van der Waals surface area contributed by atoms with Gasteiger partial charge in [-0.15, -0.1) is 0 Å². The van der Waals surface area contributed by atoms with Gasteiger partial charge in [0.25, 0.3) is 5.91 Å². The van der Waals surface area contributed by atoms with E-state index in [0.29, 0.717) is 22.4 Å². The number of pyridine rings is 1. The van der Waals surface area contributed by atoms with Crippen LogP contribution in [0.3, 0.4) is 0 Å². The Hall–Kier alpha value is -4.02. The number of carbonyl (C=O) groups is 3. The first-order chi connectivity index (χ1) is 17.4.